The number of amides is 3. The van der Waals surface area contributed by atoms with Crippen LogP contribution in [0.1, 0.15) is 91.3 Å². The first-order chi connectivity index (χ1) is 28.6. The summed E-state index contributed by atoms with van der Waals surface area (Å²) in [6, 6.07) is 21.9. The van der Waals surface area contributed by atoms with Crippen molar-refractivity contribution in [3.05, 3.63) is 113 Å². The molecule has 2 fully saturated rings. The van der Waals surface area contributed by atoms with E-state index in [1.807, 2.05) is 83.3 Å². The molecule has 0 saturated carbocycles. The summed E-state index contributed by atoms with van der Waals surface area (Å²) in [6.45, 7) is 11.5. The van der Waals surface area contributed by atoms with Gasteiger partial charge in [-0.1, -0.05) is 74.5 Å². The number of aromatic nitrogens is 5. The molecule has 0 bridgehead atoms. The number of hydrogen-bond donors (Lipinski definition) is 3. The summed E-state index contributed by atoms with van der Waals surface area (Å²) < 4.78 is 36.2. The topological polar surface area (TPSA) is 162 Å². The van der Waals surface area contributed by atoms with Gasteiger partial charge in [0.2, 0.25) is 17.7 Å². The van der Waals surface area contributed by atoms with E-state index in [4.69, 9.17) is 4.52 Å². The number of rotatable bonds is 10. The maximum Gasteiger partial charge on any atom is 0.293 e. The number of hydrogen-bond acceptors (Lipinski definition) is 10. The van der Waals surface area contributed by atoms with Crippen LogP contribution in [-0.2, 0) is 20.9 Å². The number of carbonyl (C=O) groups is 3. The number of nitrogens with one attached hydrogen (secondary N) is 3. The molecule has 0 aliphatic carbocycles. The largest absolute Gasteiger partial charge is 0.369 e. The van der Waals surface area contributed by atoms with Crippen LogP contribution in [-0.4, -0.2) is 80.7 Å². The van der Waals surface area contributed by atoms with Gasteiger partial charge in [-0.3, -0.25) is 29.7 Å². The number of halogens is 2. The van der Waals surface area contributed by atoms with Crippen molar-refractivity contribution in [2.75, 3.05) is 37.6 Å². The number of aromatic amines is 1. The molecule has 310 valence electrons. The number of anilines is 1. The molecule has 6 aromatic rings. The smallest absolute Gasteiger partial charge is 0.293 e. The zero-order valence-electron chi connectivity index (χ0n) is 34.2. The summed E-state index contributed by atoms with van der Waals surface area (Å²) in [5.41, 5.74) is 7.35. The Balaban J connectivity index is 0.883. The molecular weight excluding hydrogens is 769 g/mol. The molecule has 2 atom stereocenters. The minimum atomic E-state index is -3.06. The average molecular weight is 816 g/mol. The van der Waals surface area contributed by atoms with E-state index in [9.17, 15) is 14.4 Å². The highest BCUT2D eigenvalue weighted by atomic mass is 19.3. The number of aryl methyl sites for hydroxylation is 1. The molecule has 3 amide bonds. The molecule has 13 nitrogen and oxygen atoms in total. The zero-order valence-corrected chi connectivity index (χ0v) is 34.2. The van der Waals surface area contributed by atoms with E-state index < -0.39 is 24.3 Å². The third-order valence-electron chi connectivity index (χ3n) is 11.4. The van der Waals surface area contributed by atoms with Gasteiger partial charge in [0.1, 0.15) is 5.69 Å². The third kappa shape index (κ3) is 8.39. The number of alkyl halides is 2. The second kappa shape index (κ2) is 16.0. The van der Waals surface area contributed by atoms with Crippen LogP contribution in [0, 0.1) is 6.92 Å². The molecule has 3 N–H and O–H groups in total. The predicted octanol–water partition coefficient (Wildman–Crippen LogP) is 7.21. The summed E-state index contributed by atoms with van der Waals surface area (Å²) in [7, 11) is 0. The van der Waals surface area contributed by atoms with Crippen LogP contribution >= 0.6 is 0 Å². The van der Waals surface area contributed by atoms with Crippen LogP contribution in [0.2, 0.25) is 0 Å². The van der Waals surface area contributed by atoms with E-state index in [0.717, 1.165) is 44.6 Å². The van der Waals surface area contributed by atoms with Crippen LogP contribution in [0.4, 0.5) is 14.5 Å². The molecule has 2 unspecified atom stereocenters. The van der Waals surface area contributed by atoms with Crippen LogP contribution in [0.15, 0.2) is 83.5 Å². The molecular formula is C45H47F2N9O4. The number of piperidine rings is 1. The number of carbonyl (C=O) groups excluding carboxylic acids is 3. The van der Waals surface area contributed by atoms with Crippen molar-refractivity contribution in [1.82, 2.24) is 40.9 Å². The number of benzene rings is 3. The maximum atomic E-state index is 15.4. The number of piperazine rings is 1. The van der Waals surface area contributed by atoms with Crippen molar-refractivity contribution in [2.24, 2.45) is 0 Å². The number of H-pyrrole nitrogens is 1. The quantitative estimate of drug-likeness (QED) is 0.121. The summed E-state index contributed by atoms with van der Waals surface area (Å²) >= 11 is 0. The van der Waals surface area contributed by atoms with E-state index >= 15 is 8.78 Å². The van der Waals surface area contributed by atoms with Crippen molar-refractivity contribution in [2.45, 2.75) is 70.8 Å². The van der Waals surface area contributed by atoms with Gasteiger partial charge in [0.05, 0.1) is 18.5 Å². The molecule has 3 aromatic heterocycles. The highest BCUT2D eigenvalue weighted by Gasteiger charge is 2.36. The monoisotopic (exact) mass is 815 g/mol. The predicted molar refractivity (Wildman–Crippen MR) is 222 cm³/mol. The first kappa shape index (κ1) is 40.4. The second-order valence-electron chi connectivity index (χ2n) is 16.8. The lowest BCUT2D eigenvalue weighted by Crippen LogP contribution is -2.49. The number of nitrogens with zero attached hydrogens (tertiary/aromatic N) is 6. The van der Waals surface area contributed by atoms with Crippen LogP contribution in [0.25, 0.3) is 33.4 Å². The van der Waals surface area contributed by atoms with E-state index in [1.54, 1.807) is 17.0 Å². The number of pyridine rings is 1. The Kier molecular flexibility index (Phi) is 10.8. The van der Waals surface area contributed by atoms with Gasteiger partial charge < -0.3 is 14.7 Å². The summed E-state index contributed by atoms with van der Waals surface area (Å²) in [6.07, 6.45) is 2.42. The van der Waals surface area contributed by atoms with Crippen molar-refractivity contribution >= 4 is 34.4 Å². The Morgan fingerprint density at radius 3 is 2.33 bits per heavy atom. The van der Waals surface area contributed by atoms with Crippen molar-refractivity contribution in [3.8, 4) is 22.4 Å². The Hall–Kier alpha value is -6.35. The van der Waals surface area contributed by atoms with Gasteiger partial charge in [-0.25, -0.2) is 4.98 Å². The Labute approximate surface area is 346 Å². The van der Waals surface area contributed by atoms with E-state index in [0.29, 0.717) is 49.7 Å². The molecule has 5 heterocycles. The van der Waals surface area contributed by atoms with Crippen molar-refractivity contribution in [3.63, 3.8) is 0 Å². The molecule has 2 aliphatic heterocycles. The molecule has 2 aliphatic rings. The Bertz CT molecular complexity index is 2550. The molecule has 60 heavy (non-hydrogen) atoms. The fraction of sp³-hybridized carbons (Fsp3) is 0.356. The number of imide groups is 1. The summed E-state index contributed by atoms with van der Waals surface area (Å²) in [5, 5.41) is 17.7. The Morgan fingerprint density at radius 2 is 1.67 bits per heavy atom. The lowest BCUT2D eigenvalue weighted by molar-refractivity contribution is -0.134. The Morgan fingerprint density at radius 1 is 0.950 bits per heavy atom. The minimum Gasteiger partial charge on any atom is -0.369 e. The highest BCUT2D eigenvalue weighted by Crippen LogP contribution is 2.34. The van der Waals surface area contributed by atoms with E-state index in [-0.39, 0.29) is 41.1 Å². The van der Waals surface area contributed by atoms with Gasteiger partial charge >= 0.3 is 0 Å². The lowest BCUT2D eigenvalue weighted by Gasteiger charge is -2.37. The third-order valence-corrected chi connectivity index (χ3v) is 11.4. The summed E-state index contributed by atoms with van der Waals surface area (Å²) in [5.74, 6) is -4.28. The normalized spacial score (nSPS) is 17.2. The fourth-order valence-electron chi connectivity index (χ4n) is 7.92. The zero-order chi connectivity index (χ0) is 42.3. The second-order valence-corrected chi connectivity index (χ2v) is 16.8. The first-order valence-electron chi connectivity index (χ1n) is 20.1. The molecule has 8 rings (SSSR count). The summed E-state index contributed by atoms with van der Waals surface area (Å²) in [4.78, 5) is 49.6. The molecule has 2 saturated heterocycles. The van der Waals surface area contributed by atoms with Crippen molar-refractivity contribution in [1.29, 1.82) is 0 Å². The maximum absolute atomic E-state index is 15.4. The molecule has 0 spiro atoms. The van der Waals surface area contributed by atoms with Gasteiger partial charge in [-0.2, -0.15) is 18.9 Å². The highest BCUT2D eigenvalue weighted by molar-refractivity contribution is 6.01. The molecule has 15 heteroatoms. The van der Waals surface area contributed by atoms with Crippen molar-refractivity contribution < 1.29 is 27.7 Å². The van der Waals surface area contributed by atoms with Gasteiger partial charge in [-0.05, 0) is 66.8 Å². The van der Waals surface area contributed by atoms with Gasteiger partial charge in [0, 0.05) is 72.0 Å². The first-order valence-corrected chi connectivity index (χ1v) is 20.1. The van der Waals surface area contributed by atoms with Gasteiger partial charge in [0.15, 0.2) is 5.65 Å². The van der Waals surface area contributed by atoms with Gasteiger partial charge in [0.25, 0.3) is 17.7 Å². The molecule has 0 radical (unpaired) electrons. The SMILES string of the molecule is Cc1cc(-c2n[nH]c3ncc(-c4ccc(N5CCN(CC(F)(F)c6ccc(C7CCC(=O)NC7=O)cc6)CC5)cc4)cc23)ccc1C(C)NC(=O)c1noc(C(C)(C)C)n1. The van der Waals surface area contributed by atoms with E-state index in [1.165, 1.54) is 12.1 Å². The van der Waals surface area contributed by atoms with Crippen LogP contribution < -0.4 is 15.5 Å². The number of fused-ring (bicyclic) bond motifs is 1. The van der Waals surface area contributed by atoms with Crippen LogP contribution in [0.5, 0.6) is 0 Å². The minimum absolute atomic E-state index is 0.00256. The average Bonchev–Trinajstić information content (AvgIpc) is 3.90. The standard InChI is InChI=1S/C45H47F2N9O4/c1-26-22-30(10-15-34(26)27(2)49-42(59)40-51-43(60-54-40)44(3,4)5)38-36-23-31(24-48-39(36)53-52-38)28-8-13-33(14-9-28)56-20-18-55(19-21-56)25-45(46,47)32-11-6-29(7-12-32)35-16-17-37(57)50-41(35)58/h6-15,22-24,27,35H,16-21,25H2,1-5H3,(H,49,59)(H,48,52,53)(H,50,57,58). The fourth-order valence-corrected chi connectivity index (χ4v) is 7.92. The van der Waals surface area contributed by atoms with Gasteiger partial charge in [-0.15, -0.1) is 0 Å². The molecule has 3 aromatic carbocycles. The lowest BCUT2D eigenvalue weighted by atomic mass is 9.89. The van der Waals surface area contributed by atoms with E-state index in [2.05, 4.69) is 46.9 Å². The van der Waals surface area contributed by atoms with Crippen LogP contribution in [0.3, 0.4) is 0 Å².